The van der Waals surface area contributed by atoms with Gasteiger partial charge in [0.15, 0.2) is 0 Å². The Morgan fingerprint density at radius 3 is 1.37 bits per heavy atom. The molecule has 11 rings (SSSR count). The molecule has 6 nitrogen and oxygen atoms in total. The van der Waals surface area contributed by atoms with Crippen LogP contribution in [0.5, 0.6) is 0 Å². The summed E-state index contributed by atoms with van der Waals surface area (Å²) in [5, 5.41) is 6.25. The van der Waals surface area contributed by atoms with E-state index in [9.17, 15) is 0 Å². The van der Waals surface area contributed by atoms with Crippen LogP contribution in [0.15, 0.2) is 178 Å². The van der Waals surface area contributed by atoms with Gasteiger partial charge in [-0.1, -0.05) is 84.9 Å². The monoisotopic (exact) mass is 669 g/mol. The number of hydrogen-bond donors (Lipinski definition) is 0. The van der Waals surface area contributed by atoms with Gasteiger partial charge in [0, 0.05) is 74.2 Å². The van der Waals surface area contributed by atoms with Crippen LogP contribution in [0.1, 0.15) is 0 Å². The van der Waals surface area contributed by atoms with Crippen LogP contribution >= 0.6 is 0 Å². The molecule has 0 aliphatic heterocycles. The molecular weight excluding hydrogens is 643 g/mol. The maximum Gasteiger partial charge on any atom is 0.146 e. The average Bonchev–Trinajstić information content (AvgIpc) is 3.90. The van der Waals surface area contributed by atoms with Crippen LogP contribution in [0, 0.1) is 0 Å². The first-order chi connectivity index (χ1) is 25.8. The normalized spacial score (nSPS) is 11.8. The van der Waals surface area contributed by atoms with E-state index in [0.717, 1.165) is 105 Å². The van der Waals surface area contributed by atoms with Crippen molar-refractivity contribution in [2.24, 2.45) is 0 Å². The van der Waals surface area contributed by atoms with Crippen molar-refractivity contribution in [3.63, 3.8) is 0 Å². The molecule has 6 aromatic carbocycles. The predicted molar refractivity (Wildman–Crippen MR) is 209 cm³/mol. The van der Waals surface area contributed by atoms with Gasteiger partial charge >= 0.3 is 0 Å². The first-order valence-corrected chi connectivity index (χ1v) is 17.2. The molecule has 11 aromatic rings. The largest absolute Gasteiger partial charge is 0.456 e. The maximum atomic E-state index is 6.35. The summed E-state index contributed by atoms with van der Waals surface area (Å²) in [6, 6.07) is 47.8. The Labute approximate surface area is 296 Å². The molecule has 0 spiro atoms. The van der Waals surface area contributed by atoms with Crippen molar-refractivity contribution in [3.05, 3.63) is 164 Å². The van der Waals surface area contributed by atoms with E-state index in [-0.39, 0.29) is 0 Å². The molecule has 6 heteroatoms. The highest BCUT2D eigenvalue weighted by atomic mass is 16.3. The van der Waals surface area contributed by atoms with E-state index in [2.05, 4.69) is 99.8 Å². The third-order valence-electron chi connectivity index (χ3n) is 10.1. The minimum absolute atomic E-state index is 0.833. The van der Waals surface area contributed by atoms with Gasteiger partial charge in [-0.2, -0.15) is 0 Å². The molecule has 0 saturated carbocycles. The third kappa shape index (κ3) is 4.31. The van der Waals surface area contributed by atoms with Crippen LogP contribution in [0.25, 0.3) is 88.1 Å². The van der Waals surface area contributed by atoms with E-state index in [1.54, 1.807) is 0 Å². The summed E-state index contributed by atoms with van der Waals surface area (Å²) in [7, 11) is 0. The van der Waals surface area contributed by atoms with Crippen LogP contribution < -0.4 is 4.90 Å². The van der Waals surface area contributed by atoms with Crippen molar-refractivity contribution >= 4 is 82.9 Å². The van der Waals surface area contributed by atoms with Gasteiger partial charge in [-0.25, -0.2) is 0 Å². The molecule has 0 fully saturated rings. The van der Waals surface area contributed by atoms with Gasteiger partial charge in [-0.3, -0.25) is 9.97 Å². The second kappa shape index (κ2) is 11.2. The Kier molecular flexibility index (Phi) is 6.15. The summed E-state index contributed by atoms with van der Waals surface area (Å²) in [4.78, 5) is 11.5. The van der Waals surface area contributed by atoms with Crippen molar-refractivity contribution < 1.29 is 13.3 Å². The lowest BCUT2D eigenvalue weighted by molar-refractivity contribution is 0.668. The van der Waals surface area contributed by atoms with E-state index in [0.29, 0.717) is 0 Å². The van der Waals surface area contributed by atoms with Gasteiger partial charge in [-0.15, -0.1) is 0 Å². The van der Waals surface area contributed by atoms with E-state index in [1.165, 1.54) is 0 Å². The molecular formula is C46H27N3O3. The second-order valence-electron chi connectivity index (χ2n) is 13.0. The van der Waals surface area contributed by atoms with Crippen molar-refractivity contribution in [2.75, 3.05) is 4.90 Å². The predicted octanol–water partition coefficient (Wildman–Crippen LogP) is 13.0. The highest BCUT2D eigenvalue weighted by molar-refractivity contribution is 6.14. The van der Waals surface area contributed by atoms with Gasteiger partial charge in [0.1, 0.15) is 33.5 Å². The van der Waals surface area contributed by atoms with Crippen molar-refractivity contribution in [1.29, 1.82) is 0 Å². The van der Waals surface area contributed by atoms with Gasteiger partial charge in [-0.05, 0) is 65.7 Å². The fourth-order valence-corrected chi connectivity index (χ4v) is 7.64. The molecule has 0 N–H and O–H groups in total. The van der Waals surface area contributed by atoms with Crippen LogP contribution in [0.2, 0.25) is 0 Å². The minimum Gasteiger partial charge on any atom is -0.456 e. The van der Waals surface area contributed by atoms with Gasteiger partial charge in [0.05, 0.1) is 11.1 Å². The van der Waals surface area contributed by atoms with Crippen LogP contribution in [0.4, 0.5) is 17.1 Å². The van der Waals surface area contributed by atoms with E-state index >= 15 is 0 Å². The fourth-order valence-electron chi connectivity index (χ4n) is 7.64. The molecule has 5 heterocycles. The number of furan rings is 3. The molecule has 0 unspecified atom stereocenters. The summed E-state index contributed by atoms with van der Waals surface area (Å²) in [6.45, 7) is 0. The Balaban J connectivity index is 1.06. The van der Waals surface area contributed by atoms with Gasteiger partial charge < -0.3 is 18.2 Å². The molecule has 0 saturated heterocycles. The number of anilines is 3. The Bertz CT molecular complexity index is 2980. The smallest absolute Gasteiger partial charge is 0.146 e. The highest BCUT2D eigenvalue weighted by Gasteiger charge is 2.21. The van der Waals surface area contributed by atoms with Crippen LogP contribution in [-0.4, -0.2) is 9.97 Å². The molecule has 244 valence electrons. The number of benzene rings is 6. The summed E-state index contributed by atoms with van der Waals surface area (Å²) < 4.78 is 19.0. The zero-order chi connectivity index (χ0) is 34.2. The standard InChI is InChI=1S/C46H27N3O3/c1-4-12-40-32(8-1)37-26-47-24-35(45(37)51-40)28-16-20-30(21-17-28)49(39-11-7-15-43-44(39)34-10-3-6-14-42(34)50-43)31-22-18-29(19-23-31)36-25-48-27-38-33-9-2-5-13-41(33)52-46(36)38/h1-27H. The zero-order valence-corrected chi connectivity index (χ0v) is 27.7. The minimum atomic E-state index is 0.833. The SMILES string of the molecule is c1ccc2c(c1)oc1c(-c3ccc(N(c4ccc(-c5cncc6c5oc5ccccc56)cc4)c4cccc5oc6ccccc6c45)cc3)cncc12. The first-order valence-electron chi connectivity index (χ1n) is 17.2. The molecule has 0 aliphatic rings. The molecule has 0 amide bonds. The summed E-state index contributed by atoms with van der Waals surface area (Å²) >= 11 is 0. The molecule has 0 atom stereocenters. The highest BCUT2D eigenvalue weighted by Crippen LogP contribution is 2.44. The molecule has 0 radical (unpaired) electrons. The quantitative estimate of drug-likeness (QED) is 0.182. The Morgan fingerprint density at radius 2 is 0.827 bits per heavy atom. The number of pyridine rings is 2. The summed E-state index contributed by atoms with van der Waals surface area (Å²) in [5.41, 5.74) is 12.0. The number of para-hydroxylation sites is 3. The van der Waals surface area contributed by atoms with Crippen LogP contribution in [0.3, 0.4) is 0 Å². The summed E-state index contributed by atoms with van der Waals surface area (Å²) in [6.07, 6.45) is 7.52. The van der Waals surface area contributed by atoms with E-state index in [1.807, 2.05) is 79.4 Å². The number of nitrogens with zero attached hydrogens (tertiary/aromatic N) is 3. The molecule has 5 aromatic heterocycles. The first kappa shape index (κ1) is 28.6. The molecule has 0 aliphatic carbocycles. The van der Waals surface area contributed by atoms with Crippen molar-refractivity contribution in [3.8, 4) is 22.3 Å². The number of aromatic nitrogens is 2. The number of fused-ring (bicyclic) bond motifs is 9. The maximum absolute atomic E-state index is 6.35. The van der Waals surface area contributed by atoms with Gasteiger partial charge in [0.25, 0.3) is 0 Å². The van der Waals surface area contributed by atoms with Crippen LogP contribution in [-0.2, 0) is 0 Å². The van der Waals surface area contributed by atoms with Crippen molar-refractivity contribution in [2.45, 2.75) is 0 Å². The molecule has 52 heavy (non-hydrogen) atoms. The number of rotatable bonds is 5. The lowest BCUT2D eigenvalue weighted by atomic mass is 10.0. The Morgan fingerprint density at radius 1 is 0.365 bits per heavy atom. The third-order valence-corrected chi connectivity index (χ3v) is 10.1. The fraction of sp³-hybridized carbons (Fsp3) is 0. The topological polar surface area (TPSA) is 68.4 Å². The second-order valence-corrected chi connectivity index (χ2v) is 13.0. The lowest BCUT2D eigenvalue weighted by Crippen LogP contribution is -2.10. The lowest BCUT2D eigenvalue weighted by Gasteiger charge is -2.26. The Hall–Kier alpha value is -7.18. The average molecular weight is 670 g/mol. The number of hydrogen-bond acceptors (Lipinski definition) is 6. The van der Waals surface area contributed by atoms with E-state index < -0.39 is 0 Å². The zero-order valence-electron chi connectivity index (χ0n) is 27.7. The molecule has 0 bridgehead atoms. The summed E-state index contributed by atoms with van der Waals surface area (Å²) in [5.74, 6) is 0. The van der Waals surface area contributed by atoms with Gasteiger partial charge in [0.2, 0.25) is 0 Å². The van der Waals surface area contributed by atoms with E-state index in [4.69, 9.17) is 13.3 Å². The van der Waals surface area contributed by atoms with Crippen molar-refractivity contribution in [1.82, 2.24) is 9.97 Å².